The molecule has 0 saturated heterocycles. The van der Waals surface area contributed by atoms with Crippen LogP contribution < -0.4 is 0 Å². The van der Waals surface area contributed by atoms with Gasteiger partial charge in [-0.15, -0.1) is 0 Å². The van der Waals surface area contributed by atoms with Gasteiger partial charge in [0.25, 0.3) is 0 Å². The average Bonchev–Trinajstić information content (AvgIpc) is 2.28. The molecule has 16 heavy (non-hydrogen) atoms. The third-order valence-corrected chi connectivity index (χ3v) is 1.68. The molecule has 1 aromatic carbocycles. The van der Waals surface area contributed by atoms with E-state index in [1.807, 2.05) is 0 Å². The second-order valence-electron chi connectivity index (χ2n) is 2.56. The maximum Gasteiger partial charge on any atom is 0.341 e. The number of hydrogen-bond acceptors (Lipinski definition) is 3. The van der Waals surface area contributed by atoms with Gasteiger partial charge >= 0.3 is 5.97 Å². The largest absolute Gasteiger partial charge is 0.465 e. The Labute approximate surface area is 87.1 Å². The van der Waals surface area contributed by atoms with Crippen LogP contribution in [0, 0.1) is 17.5 Å². The number of azide groups is 1. The first kappa shape index (κ1) is 11.9. The van der Waals surface area contributed by atoms with Crippen LogP contribution in [-0.2, 0) is 4.74 Å². The Morgan fingerprint density at radius 2 is 2.06 bits per heavy atom. The Bertz CT molecular complexity index is 498. The number of esters is 1. The Balaban J connectivity index is 3.50. The molecule has 1 aromatic rings. The van der Waals surface area contributed by atoms with Crippen molar-refractivity contribution in [3.05, 3.63) is 39.5 Å². The van der Waals surface area contributed by atoms with Crippen LogP contribution in [0.5, 0.6) is 0 Å². The van der Waals surface area contributed by atoms with Crippen LogP contribution in [0.3, 0.4) is 0 Å². The molecule has 0 radical (unpaired) electrons. The van der Waals surface area contributed by atoms with Crippen LogP contribution in [0.1, 0.15) is 10.4 Å². The van der Waals surface area contributed by atoms with E-state index < -0.39 is 34.7 Å². The molecular formula is C8H4F3N3O2. The molecule has 0 heterocycles. The summed E-state index contributed by atoms with van der Waals surface area (Å²) in [6.45, 7) is 0. The molecule has 84 valence electrons. The van der Waals surface area contributed by atoms with Gasteiger partial charge in [-0.1, -0.05) is 5.11 Å². The number of halogens is 3. The second-order valence-corrected chi connectivity index (χ2v) is 2.56. The molecule has 0 atom stereocenters. The fourth-order valence-corrected chi connectivity index (χ4v) is 0.980. The summed E-state index contributed by atoms with van der Waals surface area (Å²) in [7, 11) is 0.929. The number of methoxy groups -OCH3 is 1. The molecule has 0 saturated carbocycles. The van der Waals surface area contributed by atoms with E-state index in [1.54, 1.807) is 0 Å². The molecule has 0 aliphatic rings. The lowest BCUT2D eigenvalue weighted by molar-refractivity contribution is 0.0593. The standard InChI is InChI=1S/C8H4F3N3O2/c1-16-8(15)3-2-4(9)7(13-14-12)6(11)5(3)10/h2H,1H3. The van der Waals surface area contributed by atoms with E-state index in [4.69, 9.17) is 5.53 Å². The van der Waals surface area contributed by atoms with Crippen LogP contribution >= 0.6 is 0 Å². The van der Waals surface area contributed by atoms with Crippen molar-refractivity contribution in [3.8, 4) is 0 Å². The first-order chi connectivity index (χ1) is 7.52. The summed E-state index contributed by atoms with van der Waals surface area (Å²) in [5, 5.41) is 2.63. The van der Waals surface area contributed by atoms with E-state index >= 15 is 0 Å². The van der Waals surface area contributed by atoms with E-state index in [9.17, 15) is 18.0 Å². The van der Waals surface area contributed by atoms with E-state index in [1.165, 1.54) is 0 Å². The maximum absolute atomic E-state index is 13.2. The fourth-order valence-electron chi connectivity index (χ4n) is 0.980. The van der Waals surface area contributed by atoms with Crippen molar-refractivity contribution < 1.29 is 22.7 Å². The van der Waals surface area contributed by atoms with Crippen LogP contribution in [0.4, 0.5) is 18.9 Å². The van der Waals surface area contributed by atoms with Gasteiger partial charge in [-0.2, -0.15) is 0 Å². The lowest BCUT2D eigenvalue weighted by Gasteiger charge is -2.04. The lowest BCUT2D eigenvalue weighted by Crippen LogP contribution is -2.07. The van der Waals surface area contributed by atoms with Gasteiger partial charge in [-0.25, -0.2) is 18.0 Å². The number of nitrogens with zero attached hydrogens (tertiary/aromatic N) is 3. The van der Waals surface area contributed by atoms with Crippen molar-refractivity contribution in [2.24, 2.45) is 5.11 Å². The Morgan fingerprint density at radius 3 is 2.56 bits per heavy atom. The summed E-state index contributed by atoms with van der Waals surface area (Å²) in [4.78, 5) is 13.0. The molecule has 1 rings (SSSR count). The molecular weight excluding hydrogens is 227 g/mol. The number of rotatable bonds is 2. The molecule has 0 spiro atoms. The first-order valence-electron chi connectivity index (χ1n) is 3.83. The molecule has 0 unspecified atom stereocenters. The van der Waals surface area contributed by atoms with Crippen molar-refractivity contribution in [3.63, 3.8) is 0 Å². The Kier molecular flexibility index (Phi) is 3.37. The second kappa shape index (κ2) is 4.54. The van der Waals surface area contributed by atoms with Gasteiger partial charge in [0.15, 0.2) is 11.6 Å². The highest BCUT2D eigenvalue weighted by molar-refractivity contribution is 5.90. The molecule has 0 aromatic heterocycles. The first-order valence-corrected chi connectivity index (χ1v) is 3.83. The minimum atomic E-state index is -1.74. The summed E-state index contributed by atoms with van der Waals surface area (Å²) >= 11 is 0. The topological polar surface area (TPSA) is 75.1 Å². The quantitative estimate of drug-likeness (QED) is 0.258. The zero-order valence-electron chi connectivity index (χ0n) is 7.87. The number of carbonyl (C=O) groups excluding carboxylic acids is 1. The zero-order chi connectivity index (χ0) is 12.3. The predicted octanol–water partition coefficient (Wildman–Crippen LogP) is 2.83. The minimum Gasteiger partial charge on any atom is -0.465 e. The Hall–Kier alpha value is -2.21. The molecule has 0 amide bonds. The highest BCUT2D eigenvalue weighted by Gasteiger charge is 2.22. The molecule has 0 bridgehead atoms. The van der Waals surface area contributed by atoms with Gasteiger partial charge in [-0.3, -0.25) is 0 Å². The number of carbonyl (C=O) groups is 1. The van der Waals surface area contributed by atoms with Crippen molar-refractivity contribution >= 4 is 11.7 Å². The Morgan fingerprint density at radius 1 is 1.44 bits per heavy atom. The molecule has 0 N–H and O–H groups in total. The summed E-state index contributed by atoms with van der Waals surface area (Å²) < 4.78 is 43.5. The van der Waals surface area contributed by atoms with Gasteiger partial charge in [0.05, 0.1) is 7.11 Å². The van der Waals surface area contributed by atoms with Gasteiger partial charge in [-0.05, 0) is 11.6 Å². The highest BCUT2D eigenvalue weighted by atomic mass is 19.2. The third kappa shape index (κ3) is 1.91. The molecule has 0 aliphatic heterocycles. The smallest absolute Gasteiger partial charge is 0.341 e. The van der Waals surface area contributed by atoms with Gasteiger partial charge in [0.1, 0.15) is 17.1 Å². The number of benzene rings is 1. The monoisotopic (exact) mass is 231 g/mol. The maximum atomic E-state index is 13.2. The van der Waals surface area contributed by atoms with Crippen molar-refractivity contribution in [1.82, 2.24) is 0 Å². The molecule has 5 nitrogen and oxygen atoms in total. The normalized spacial score (nSPS) is 9.50. The van der Waals surface area contributed by atoms with Crippen molar-refractivity contribution in [2.45, 2.75) is 0 Å². The SMILES string of the molecule is COC(=O)c1cc(F)c(N=[N+]=[N-])c(F)c1F. The zero-order valence-corrected chi connectivity index (χ0v) is 7.87. The average molecular weight is 231 g/mol. The summed E-state index contributed by atoms with van der Waals surface area (Å²) in [5.41, 5.74) is 5.96. The van der Waals surface area contributed by atoms with Crippen LogP contribution in [-0.4, -0.2) is 13.1 Å². The summed E-state index contributed by atoms with van der Waals surface area (Å²) in [6.07, 6.45) is 0. The van der Waals surface area contributed by atoms with Crippen molar-refractivity contribution in [2.75, 3.05) is 7.11 Å². The molecule has 8 heteroatoms. The minimum absolute atomic E-state index is 0.397. The van der Waals surface area contributed by atoms with Gasteiger partial charge in [0.2, 0.25) is 0 Å². The summed E-state index contributed by atoms with van der Waals surface area (Å²) in [6, 6.07) is 0.397. The van der Waals surface area contributed by atoms with E-state index in [0.717, 1.165) is 7.11 Å². The molecule has 0 fully saturated rings. The fraction of sp³-hybridized carbons (Fsp3) is 0.125. The van der Waals surface area contributed by atoms with E-state index in [-0.39, 0.29) is 0 Å². The number of hydrogen-bond donors (Lipinski definition) is 0. The van der Waals surface area contributed by atoms with Crippen LogP contribution in [0.25, 0.3) is 10.4 Å². The lowest BCUT2D eigenvalue weighted by atomic mass is 10.1. The summed E-state index contributed by atoms with van der Waals surface area (Å²) in [5.74, 6) is -5.95. The van der Waals surface area contributed by atoms with E-state index in [2.05, 4.69) is 14.8 Å². The molecule has 0 aliphatic carbocycles. The highest BCUT2D eigenvalue weighted by Crippen LogP contribution is 2.27. The third-order valence-electron chi connectivity index (χ3n) is 1.68. The van der Waals surface area contributed by atoms with Gasteiger partial charge in [0, 0.05) is 4.91 Å². The van der Waals surface area contributed by atoms with Crippen LogP contribution in [0.2, 0.25) is 0 Å². The van der Waals surface area contributed by atoms with E-state index in [0.29, 0.717) is 6.07 Å². The van der Waals surface area contributed by atoms with Crippen molar-refractivity contribution in [1.29, 1.82) is 0 Å². The predicted molar refractivity (Wildman–Crippen MR) is 46.5 cm³/mol. The number of ether oxygens (including phenoxy) is 1. The van der Waals surface area contributed by atoms with Gasteiger partial charge < -0.3 is 4.74 Å². The van der Waals surface area contributed by atoms with Crippen LogP contribution in [0.15, 0.2) is 11.2 Å².